The lowest BCUT2D eigenvalue weighted by atomic mass is 10.0. The molecule has 0 aromatic carbocycles. The van der Waals surface area contributed by atoms with Crippen LogP contribution >= 0.6 is 0 Å². The van der Waals surface area contributed by atoms with E-state index in [2.05, 4.69) is 15.5 Å². The Hall–Kier alpha value is -2.18. The molecule has 17 heavy (non-hydrogen) atoms. The molecule has 1 aromatic heterocycles. The van der Waals surface area contributed by atoms with Gasteiger partial charge in [0.05, 0.1) is 0 Å². The molecule has 7 heteroatoms. The fraction of sp³-hybridized carbons (Fsp3) is 0.400. The summed E-state index contributed by atoms with van der Waals surface area (Å²) in [7, 11) is 0. The molecule has 1 rings (SSSR count). The lowest BCUT2D eigenvalue weighted by molar-refractivity contribution is -0.140. The summed E-state index contributed by atoms with van der Waals surface area (Å²) >= 11 is 0. The maximum atomic E-state index is 11.6. The predicted molar refractivity (Wildman–Crippen MR) is 58.6 cm³/mol. The molecule has 0 saturated carbocycles. The van der Waals surface area contributed by atoms with Crippen LogP contribution in [0.5, 0.6) is 0 Å². The van der Waals surface area contributed by atoms with E-state index in [1.54, 1.807) is 13.8 Å². The Morgan fingerprint density at radius 2 is 2.06 bits per heavy atom. The first-order chi connectivity index (χ1) is 7.91. The van der Waals surface area contributed by atoms with Crippen LogP contribution in [0.25, 0.3) is 0 Å². The molecule has 0 saturated heterocycles. The number of carbonyl (C=O) groups is 2. The highest BCUT2D eigenvalue weighted by Gasteiger charge is 2.24. The highest BCUT2D eigenvalue weighted by Crippen LogP contribution is 2.02. The van der Waals surface area contributed by atoms with Gasteiger partial charge in [0.1, 0.15) is 11.7 Å². The maximum absolute atomic E-state index is 11.6. The number of nitrogens with one attached hydrogen (secondary N) is 2. The number of carboxylic acid groups (broad SMARTS) is 1. The summed E-state index contributed by atoms with van der Waals surface area (Å²) in [6.07, 6.45) is 0. The lowest BCUT2D eigenvalue weighted by Gasteiger charge is -2.17. The molecule has 0 aliphatic carbocycles. The van der Waals surface area contributed by atoms with Crippen molar-refractivity contribution in [1.29, 1.82) is 0 Å². The maximum Gasteiger partial charge on any atom is 0.326 e. The molecule has 3 N–H and O–H groups in total. The molecular formula is C10H13N3O4. The van der Waals surface area contributed by atoms with Crippen LogP contribution in [0, 0.1) is 5.92 Å². The van der Waals surface area contributed by atoms with Crippen molar-refractivity contribution in [3.63, 3.8) is 0 Å². The molecule has 0 radical (unpaired) electrons. The lowest BCUT2D eigenvalue weighted by Crippen LogP contribution is -2.44. The van der Waals surface area contributed by atoms with Gasteiger partial charge in [0.2, 0.25) is 0 Å². The number of aromatic nitrogens is 2. The molecule has 0 aliphatic heterocycles. The number of hydrogen-bond donors (Lipinski definition) is 3. The average molecular weight is 239 g/mol. The predicted octanol–water partition coefficient (Wildman–Crippen LogP) is -0.391. The molecule has 1 amide bonds. The minimum absolute atomic E-state index is 0.0310. The third kappa shape index (κ3) is 3.40. The van der Waals surface area contributed by atoms with Gasteiger partial charge in [-0.05, 0) is 12.0 Å². The summed E-state index contributed by atoms with van der Waals surface area (Å²) < 4.78 is 0. The Morgan fingerprint density at radius 3 is 2.47 bits per heavy atom. The van der Waals surface area contributed by atoms with Crippen molar-refractivity contribution in [1.82, 2.24) is 15.5 Å². The second-order valence-electron chi connectivity index (χ2n) is 3.84. The number of amides is 1. The van der Waals surface area contributed by atoms with Gasteiger partial charge in [-0.25, -0.2) is 9.89 Å². The Kier molecular flexibility index (Phi) is 3.97. The van der Waals surface area contributed by atoms with Crippen LogP contribution in [0.2, 0.25) is 0 Å². The molecule has 1 heterocycles. The van der Waals surface area contributed by atoms with Crippen LogP contribution in [0.3, 0.4) is 0 Å². The average Bonchev–Trinajstić information content (AvgIpc) is 2.25. The second-order valence-corrected chi connectivity index (χ2v) is 3.84. The quantitative estimate of drug-likeness (QED) is 0.662. The van der Waals surface area contributed by atoms with E-state index in [0.717, 1.165) is 6.07 Å². The van der Waals surface area contributed by atoms with Crippen molar-refractivity contribution >= 4 is 11.9 Å². The highest BCUT2D eigenvalue weighted by molar-refractivity contribution is 5.94. The van der Waals surface area contributed by atoms with Gasteiger partial charge in [0.15, 0.2) is 0 Å². The summed E-state index contributed by atoms with van der Waals surface area (Å²) in [6, 6.07) is 1.39. The zero-order valence-corrected chi connectivity index (χ0v) is 9.43. The fourth-order valence-electron chi connectivity index (χ4n) is 1.20. The Labute approximate surface area is 96.9 Å². The summed E-state index contributed by atoms with van der Waals surface area (Å²) in [5, 5.41) is 16.8. The van der Waals surface area contributed by atoms with E-state index < -0.39 is 23.5 Å². The minimum atomic E-state index is -1.11. The summed E-state index contributed by atoms with van der Waals surface area (Å²) in [6.45, 7) is 3.36. The normalized spacial score (nSPS) is 12.2. The third-order valence-electron chi connectivity index (χ3n) is 2.13. The fourth-order valence-corrected chi connectivity index (χ4v) is 1.20. The van der Waals surface area contributed by atoms with Crippen molar-refractivity contribution in [3.05, 3.63) is 28.2 Å². The Bertz CT molecular complexity index is 460. The van der Waals surface area contributed by atoms with Gasteiger partial charge in [-0.1, -0.05) is 13.8 Å². The molecule has 0 spiro atoms. The van der Waals surface area contributed by atoms with E-state index in [-0.39, 0.29) is 11.6 Å². The van der Waals surface area contributed by atoms with Gasteiger partial charge < -0.3 is 10.4 Å². The molecular weight excluding hydrogens is 226 g/mol. The molecule has 92 valence electrons. The topological polar surface area (TPSA) is 112 Å². The first-order valence-corrected chi connectivity index (χ1v) is 5.01. The van der Waals surface area contributed by atoms with Crippen LogP contribution in [0.4, 0.5) is 0 Å². The molecule has 1 unspecified atom stereocenters. The van der Waals surface area contributed by atoms with Crippen molar-refractivity contribution in [2.24, 2.45) is 5.92 Å². The van der Waals surface area contributed by atoms with Crippen molar-refractivity contribution in [3.8, 4) is 0 Å². The van der Waals surface area contributed by atoms with E-state index in [1.807, 2.05) is 0 Å². The number of H-pyrrole nitrogens is 1. The van der Waals surface area contributed by atoms with Crippen molar-refractivity contribution < 1.29 is 14.7 Å². The highest BCUT2D eigenvalue weighted by atomic mass is 16.4. The number of carbonyl (C=O) groups excluding carboxylic acids is 1. The zero-order chi connectivity index (χ0) is 13.0. The number of rotatable bonds is 4. The summed E-state index contributed by atoms with van der Waals surface area (Å²) in [4.78, 5) is 33.2. The second kappa shape index (κ2) is 5.24. The number of aliphatic carboxylic acids is 1. The Balaban J connectivity index is 2.81. The van der Waals surface area contributed by atoms with E-state index in [9.17, 15) is 14.4 Å². The molecule has 0 aliphatic rings. The van der Waals surface area contributed by atoms with Gasteiger partial charge in [-0.15, -0.1) is 0 Å². The van der Waals surface area contributed by atoms with Gasteiger partial charge >= 0.3 is 5.97 Å². The van der Waals surface area contributed by atoms with E-state index >= 15 is 0 Å². The molecule has 0 bridgehead atoms. The van der Waals surface area contributed by atoms with Crippen LogP contribution in [-0.4, -0.2) is 33.2 Å². The molecule has 1 atom stereocenters. The Morgan fingerprint density at radius 1 is 1.41 bits per heavy atom. The molecule has 1 aromatic rings. The minimum Gasteiger partial charge on any atom is -0.480 e. The van der Waals surface area contributed by atoms with Gasteiger partial charge in [0.25, 0.3) is 11.5 Å². The summed E-state index contributed by atoms with van der Waals surface area (Å²) in [5.74, 6) is -2.00. The smallest absolute Gasteiger partial charge is 0.326 e. The number of carboxylic acids is 1. The standard InChI is InChI=1S/C10H13N3O4/c1-5(2)8(10(16)17)11-9(15)6-3-4-7(14)13-12-6/h3-5,8H,1-2H3,(H,11,15)(H,13,14)(H,16,17). The van der Waals surface area contributed by atoms with E-state index in [1.165, 1.54) is 6.07 Å². The van der Waals surface area contributed by atoms with Crippen LogP contribution < -0.4 is 10.9 Å². The van der Waals surface area contributed by atoms with Crippen molar-refractivity contribution in [2.45, 2.75) is 19.9 Å². The first kappa shape index (κ1) is 12.9. The van der Waals surface area contributed by atoms with Crippen LogP contribution in [0.1, 0.15) is 24.3 Å². The number of nitrogens with zero attached hydrogens (tertiary/aromatic N) is 1. The molecule has 7 nitrogen and oxygen atoms in total. The number of aromatic amines is 1. The first-order valence-electron chi connectivity index (χ1n) is 5.01. The van der Waals surface area contributed by atoms with E-state index in [0.29, 0.717) is 0 Å². The third-order valence-corrected chi connectivity index (χ3v) is 2.13. The molecule has 0 fully saturated rings. The van der Waals surface area contributed by atoms with Crippen LogP contribution in [-0.2, 0) is 4.79 Å². The number of hydrogen-bond acceptors (Lipinski definition) is 4. The van der Waals surface area contributed by atoms with Gasteiger partial charge in [-0.2, -0.15) is 5.10 Å². The largest absolute Gasteiger partial charge is 0.480 e. The van der Waals surface area contributed by atoms with Crippen molar-refractivity contribution in [2.75, 3.05) is 0 Å². The van der Waals surface area contributed by atoms with Crippen LogP contribution in [0.15, 0.2) is 16.9 Å². The monoisotopic (exact) mass is 239 g/mol. The van der Waals surface area contributed by atoms with E-state index in [4.69, 9.17) is 5.11 Å². The van der Waals surface area contributed by atoms with Gasteiger partial charge in [-0.3, -0.25) is 9.59 Å². The zero-order valence-electron chi connectivity index (χ0n) is 9.43. The van der Waals surface area contributed by atoms with Gasteiger partial charge in [0, 0.05) is 6.07 Å². The SMILES string of the molecule is CC(C)C(NC(=O)c1ccc(=O)[nH]n1)C(=O)O. The summed E-state index contributed by atoms with van der Waals surface area (Å²) in [5.41, 5.74) is -0.461.